The second kappa shape index (κ2) is 5.85. The number of hydrogen-bond donors (Lipinski definition) is 2. The second-order valence-corrected chi connectivity index (χ2v) is 4.82. The molecule has 1 aromatic heterocycles. The first kappa shape index (κ1) is 13.5. The predicted molar refractivity (Wildman–Crippen MR) is 78.9 cm³/mol. The molecule has 0 bridgehead atoms. The lowest BCUT2D eigenvalue weighted by Gasteiger charge is -2.07. The van der Waals surface area contributed by atoms with Crippen LogP contribution in [-0.4, -0.2) is 15.2 Å². The number of H-pyrrole nitrogens is 1. The summed E-state index contributed by atoms with van der Waals surface area (Å²) in [5.41, 5.74) is 7.62. The number of nitrogens with two attached hydrogens (primary N) is 1. The summed E-state index contributed by atoms with van der Waals surface area (Å²) in [4.78, 5) is 4.31. The van der Waals surface area contributed by atoms with Gasteiger partial charge in [0.25, 0.3) is 0 Å². The normalized spacial score (nSPS) is 12.3. The van der Waals surface area contributed by atoms with E-state index in [4.69, 9.17) is 5.73 Å². The minimum absolute atomic E-state index is 0.305. The van der Waals surface area contributed by atoms with Crippen LogP contribution < -0.4 is 5.73 Å². The molecule has 0 saturated heterocycles. The Kier molecular flexibility index (Phi) is 3.75. The molecule has 0 radical (unpaired) electrons. The van der Waals surface area contributed by atoms with Crippen molar-refractivity contribution in [2.75, 3.05) is 0 Å². The zero-order chi connectivity index (χ0) is 14.7. The third-order valence-electron chi connectivity index (χ3n) is 3.27. The molecule has 3 N–H and O–H groups in total. The van der Waals surface area contributed by atoms with E-state index >= 15 is 0 Å². The van der Waals surface area contributed by atoms with Crippen molar-refractivity contribution in [3.05, 3.63) is 71.8 Å². The van der Waals surface area contributed by atoms with Crippen molar-refractivity contribution in [2.45, 2.75) is 12.5 Å². The Morgan fingerprint density at radius 2 is 1.76 bits per heavy atom. The average molecular weight is 282 g/mol. The van der Waals surface area contributed by atoms with Gasteiger partial charge in [-0.1, -0.05) is 42.5 Å². The largest absolute Gasteiger partial charge is 0.321 e. The van der Waals surface area contributed by atoms with Gasteiger partial charge in [0, 0.05) is 0 Å². The summed E-state index contributed by atoms with van der Waals surface area (Å²) in [6.07, 6.45) is 0.646. The van der Waals surface area contributed by atoms with Gasteiger partial charge in [0.1, 0.15) is 11.6 Å². The van der Waals surface area contributed by atoms with Gasteiger partial charge in [0.05, 0.1) is 11.6 Å². The van der Waals surface area contributed by atoms with E-state index in [1.807, 2.05) is 30.3 Å². The molecule has 2 aromatic carbocycles. The van der Waals surface area contributed by atoms with E-state index in [1.54, 1.807) is 18.2 Å². The first-order valence-electron chi connectivity index (χ1n) is 6.71. The van der Waals surface area contributed by atoms with Crippen LogP contribution in [0.4, 0.5) is 4.39 Å². The molecule has 1 heterocycles. The lowest BCUT2D eigenvalue weighted by molar-refractivity contribution is 0.630. The highest BCUT2D eigenvalue weighted by Gasteiger charge is 2.15. The molecular weight excluding hydrogens is 267 g/mol. The van der Waals surface area contributed by atoms with E-state index in [0.29, 0.717) is 23.6 Å². The van der Waals surface area contributed by atoms with Crippen LogP contribution in [0.25, 0.3) is 11.4 Å². The molecule has 4 nitrogen and oxygen atoms in total. The van der Waals surface area contributed by atoms with Gasteiger partial charge < -0.3 is 5.73 Å². The highest BCUT2D eigenvalue weighted by atomic mass is 19.1. The Bertz CT molecular complexity index is 724. The SMILES string of the molecule is N[C@H](Cc1ccccc1)c1nc(-c2ccccc2F)n[nH]1. The lowest BCUT2D eigenvalue weighted by atomic mass is 10.1. The zero-order valence-electron chi connectivity index (χ0n) is 11.3. The molecule has 3 rings (SSSR count). The van der Waals surface area contributed by atoms with Crippen molar-refractivity contribution >= 4 is 0 Å². The lowest BCUT2D eigenvalue weighted by Crippen LogP contribution is -2.15. The number of benzene rings is 2. The maximum Gasteiger partial charge on any atom is 0.184 e. The third kappa shape index (κ3) is 2.98. The van der Waals surface area contributed by atoms with Gasteiger partial charge in [0.2, 0.25) is 0 Å². The van der Waals surface area contributed by atoms with Crippen LogP contribution >= 0.6 is 0 Å². The molecule has 0 aliphatic carbocycles. The van der Waals surface area contributed by atoms with Gasteiger partial charge in [-0.25, -0.2) is 9.37 Å². The minimum Gasteiger partial charge on any atom is -0.321 e. The molecular formula is C16H15FN4. The zero-order valence-corrected chi connectivity index (χ0v) is 11.3. The number of hydrogen-bond acceptors (Lipinski definition) is 3. The fourth-order valence-electron chi connectivity index (χ4n) is 2.17. The Morgan fingerprint density at radius 3 is 2.52 bits per heavy atom. The van der Waals surface area contributed by atoms with E-state index in [-0.39, 0.29) is 11.9 Å². The number of rotatable bonds is 4. The molecule has 0 saturated carbocycles. The van der Waals surface area contributed by atoms with Crippen molar-refractivity contribution in [3.63, 3.8) is 0 Å². The van der Waals surface area contributed by atoms with Gasteiger partial charge in [-0.3, -0.25) is 5.10 Å². The molecule has 0 aliphatic heterocycles. The Morgan fingerprint density at radius 1 is 1.05 bits per heavy atom. The van der Waals surface area contributed by atoms with Crippen LogP contribution in [0.1, 0.15) is 17.4 Å². The Balaban J connectivity index is 1.80. The van der Waals surface area contributed by atoms with Crippen molar-refractivity contribution in [1.29, 1.82) is 0 Å². The van der Waals surface area contributed by atoms with E-state index in [1.165, 1.54) is 6.07 Å². The summed E-state index contributed by atoms with van der Waals surface area (Å²) in [6.45, 7) is 0. The smallest absolute Gasteiger partial charge is 0.184 e. The van der Waals surface area contributed by atoms with Crippen molar-refractivity contribution in [1.82, 2.24) is 15.2 Å². The monoisotopic (exact) mass is 282 g/mol. The minimum atomic E-state index is -0.348. The fourth-order valence-corrected chi connectivity index (χ4v) is 2.17. The van der Waals surface area contributed by atoms with Crippen LogP contribution in [0.15, 0.2) is 54.6 Å². The predicted octanol–water partition coefficient (Wildman–Crippen LogP) is 2.85. The number of halogens is 1. The summed E-state index contributed by atoms with van der Waals surface area (Å²) >= 11 is 0. The molecule has 1 atom stereocenters. The maximum atomic E-state index is 13.7. The van der Waals surface area contributed by atoms with Gasteiger partial charge >= 0.3 is 0 Å². The average Bonchev–Trinajstić information content (AvgIpc) is 2.98. The van der Waals surface area contributed by atoms with Crippen molar-refractivity contribution in [3.8, 4) is 11.4 Å². The first-order valence-corrected chi connectivity index (χ1v) is 6.71. The molecule has 3 aromatic rings. The van der Waals surface area contributed by atoms with Crippen LogP contribution in [0.2, 0.25) is 0 Å². The molecule has 0 unspecified atom stereocenters. The van der Waals surface area contributed by atoms with E-state index < -0.39 is 0 Å². The van der Waals surface area contributed by atoms with Crippen LogP contribution in [0.3, 0.4) is 0 Å². The van der Waals surface area contributed by atoms with E-state index in [0.717, 1.165) is 5.56 Å². The fraction of sp³-hybridized carbons (Fsp3) is 0.125. The molecule has 0 spiro atoms. The van der Waals surface area contributed by atoms with E-state index in [9.17, 15) is 4.39 Å². The quantitative estimate of drug-likeness (QED) is 0.773. The van der Waals surface area contributed by atoms with Crippen molar-refractivity contribution in [2.24, 2.45) is 5.73 Å². The van der Waals surface area contributed by atoms with Gasteiger partial charge in [-0.15, -0.1) is 0 Å². The Hall–Kier alpha value is -2.53. The van der Waals surface area contributed by atoms with Crippen LogP contribution in [0.5, 0.6) is 0 Å². The highest BCUT2D eigenvalue weighted by molar-refractivity contribution is 5.55. The summed E-state index contributed by atoms with van der Waals surface area (Å²) in [6, 6.07) is 16.0. The Labute approximate surface area is 121 Å². The molecule has 0 fully saturated rings. The van der Waals surface area contributed by atoms with Gasteiger partial charge in [0.15, 0.2) is 5.82 Å². The van der Waals surface area contributed by atoms with Crippen molar-refractivity contribution < 1.29 is 4.39 Å². The third-order valence-corrected chi connectivity index (χ3v) is 3.27. The number of nitrogens with one attached hydrogen (secondary N) is 1. The number of nitrogens with zero attached hydrogens (tertiary/aromatic N) is 2. The summed E-state index contributed by atoms with van der Waals surface area (Å²) in [5, 5.41) is 6.85. The summed E-state index contributed by atoms with van der Waals surface area (Å²) < 4.78 is 13.7. The molecule has 0 amide bonds. The summed E-state index contributed by atoms with van der Waals surface area (Å²) in [5.74, 6) is 0.531. The number of aromatic nitrogens is 3. The first-order chi connectivity index (χ1) is 10.2. The molecule has 5 heteroatoms. The topological polar surface area (TPSA) is 67.6 Å². The summed E-state index contributed by atoms with van der Waals surface area (Å²) in [7, 11) is 0. The standard InChI is InChI=1S/C16H15FN4/c17-13-9-5-4-8-12(13)15-19-16(21-20-15)14(18)10-11-6-2-1-3-7-11/h1-9,14H,10,18H2,(H,19,20,21)/t14-/m1/s1. The molecule has 0 aliphatic rings. The van der Waals surface area contributed by atoms with Crippen LogP contribution in [0, 0.1) is 5.82 Å². The van der Waals surface area contributed by atoms with E-state index in [2.05, 4.69) is 15.2 Å². The van der Waals surface area contributed by atoms with Gasteiger partial charge in [-0.2, -0.15) is 5.10 Å². The second-order valence-electron chi connectivity index (χ2n) is 4.82. The molecule has 106 valence electrons. The van der Waals surface area contributed by atoms with Gasteiger partial charge in [-0.05, 0) is 24.1 Å². The molecule has 21 heavy (non-hydrogen) atoms. The van der Waals surface area contributed by atoms with Crippen LogP contribution in [-0.2, 0) is 6.42 Å². The highest BCUT2D eigenvalue weighted by Crippen LogP contribution is 2.20. The maximum absolute atomic E-state index is 13.7. The number of aromatic amines is 1.